The van der Waals surface area contributed by atoms with Crippen LogP contribution in [0.25, 0.3) is 112 Å². The summed E-state index contributed by atoms with van der Waals surface area (Å²) < 4.78 is 26.3. The first-order chi connectivity index (χ1) is 43.6. The third-order valence-corrected chi connectivity index (χ3v) is 19.9. The number of para-hydroxylation sites is 2. The van der Waals surface area contributed by atoms with E-state index in [1.54, 1.807) is 0 Å². The highest BCUT2D eigenvalue weighted by molar-refractivity contribution is 6.62. The second-order valence-electron chi connectivity index (χ2n) is 25.0. The second kappa shape index (κ2) is 19.0. The first-order valence-electron chi connectivity index (χ1n) is 30.7. The monoisotopic (exact) mass is 1150 g/mol. The molecule has 0 saturated carbocycles. The highest BCUT2D eigenvalue weighted by Crippen LogP contribution is 2.67. The van der Waals surface area contributed by atoms with Crippen LogP contribution >= 0.6 is 0 Å². The van der Waals surface area contributed by atoms with Gasteiger partial charge in [-0.05, 0) is 118 Å². The summed E-state index contributed by atoms with van der Waals surface area (Å²) in [5.74, 6) is 3.85. The van der Waals surface area contributed by atoms with E-state index in [2.05, 4.69) is 228 Å². The van der Waals surface area contributed by atoms with Gasteiger partial charge in [0.1, 0.15) is 22.7 Å². The smallest absolute Gasteiger partial charge is 0.494 e. The van der Waals surface area contributed by atoms with Gasteiger partial charge in [-0.25, -0.2) is 15.0 Å². The van der Waals surface area contributed by atoms with Crippen molar-refractivity contribution in [2.24, 2.45) is 0 Å². The molecule has 4 aliphatic carbocycles. The van der Waals surface area contributed by atoms with Gasteiger partial charge in [0.2, 0.25) is 0 Å². The Labute approximate surface area is 517 Å². The van der Waals surface area contributed by atoms with Crippen LogP contribution < -0.4 is 5.46 Å². The third-order valence-electron chi connectivity index (χ3n) is 19.9. The van der Waals surface area contributed by atoms with Gasteiger partial charge < -0.3 is 19.6 Å². The van der Waals surface area contributed by atoms with Gasteiger partial charge in [0.25, 0.3) is 0 Å². The van der Waals surface area contributed by atoms with Gasteiger partial charge in [-0.1, -0.05) is 249 Å². The van der Waals surface area contributed by atoms with Gasteiger partial charge in [-0.3, -0.25) is 0 Å². The molecule has 2 unspecified atom stereocenters. The predicted molar refractivity (Wildman–Crippen MR) is 357 cm³/mol. The van der Waals surface area contributed by atoms with Crippen molar-refractivity contribution < 1.29 is 19.6 Å². The molecule has 8 heteroatoms. The molecule has 1 saturated heterocycles. The Bertz CT molecular complexity index is 5190. The number of hydrogen-bond acceptors (Lipinski definition) is 7. The number of aromatic nitrogens is 3. The van der Waals surface area contributed by atoms with Crippen LogP contribution in [0, 0.1) is 0 Å². The summed E-state index contributed by atoms with van der Waals surface area (Å²) in [6.07, 6.45) is 0. The molecular weight excluding hydrogens is 1090 g/mol. The zero-order valence-corrected chi connectivity index (χ0v) is 49.5. The molecule has 0 amide bonds. The minimum Gasteiger partial charge on any atom is -1.00 e. The molecule has 7 nitrogen and oxygen atoms in total. The molecule has 1 aliphatic heterocycles. The minimum absolute atomic E-state index is 0. The molecule has 0 N–H and O–H groups in total. The van der Waals surface area contributed by atoms with Crippen molar-refractivity contribution in [3.8, 4) is 90.2 Å². The topological polar surface area (TPSA) is 83.4 Å². The molecule has 2 spiro atoms. The fraction of sp³-hybridized carbons (Fsp3) is 0.0988. The number of hydrogen-bond donors (Lipinski definition) is 0. The molecule has 1 fully saturated rings. The number of furan rings is 2. The normalized spacial score (nSPS) is 17.8. The Hall–Kier alpha value is -10.5. The second-order valence-corrected chi connectivity index (χ2v) is 25.0. The van der Waals surface area contributed by atoms with E-state index in [0.29, 0.717) is 17.5 Å². The maximum absolute atomic E-state index is 6.72. The third kappa shape index (κ3) is 7.21. The molecule has 14 aromatic rings. The summed E-state index contributed by atoms with van der Waals surface area (Å²) in [5.41, 5.74) is 23.5. The number of nitrogens with zero attached hydrogens (tertiary/aromatic N) is 3. The van der Waals surface area contributed by atoms with E-state index in [9.17, 15) is 0 Å². The van der Waals surface area contributed by atoms with E-state index >= 15 is 0 Å². The standard InChI is InChI=1S/C48H29N3O.C33H27BO3.H/c1-3-15-30(16-4-1)45-49-46(31-17-5-2-6-18-31)51-47(50-45)36-21-8-7-19-33(36)32-27-28-35-34-20-9-12-24-39(34)48(41(35)29-32)40-25-13-10-22-37(40)44-43(48)38-23-11-14-26-42(38)52-44;1-31(2)32(3,4)37-34(36-31)20-17-18-22-21-11-5-8-14-25(21)33(27(22)19-20)26-15-9-6-12-23(26)30-29(33)24-13-7-10-16-28(24)35-30;/h1-29H;5-19H,1-4H3;/q;;-1/i;;1+1. The Morgan fingerprint density at radius 3 is 1.18 bits per heavy atom. The molecule has 4 heterocycles. The largest absolute Gasteiger partial charge is 1.00 e. The van der Waals surface area contributed by atoms with Crippen LogP contribution in [0.1, 0.15) is 73.6 Å². The van der Waals surface area contributed by atoms with Crippen LogP contribution in [0.4, 0.5) is 0 Å². The highest BCUT2D eigenvalue weighted by atomic mass is 16.7. The van der Waals surface area contributed by atoms with Crippen LogP contribution in [-0.4, -0.2) is 33.3 Å². The zero-order valence-electron chi connectivity index (χ0n) is 50.5. The molecule has 0 bridgehead atoms. The van der Waals surface area contributed by atoms with Gasteiger partial charge in [0.05, 0.1) is 22.0 Å². The van der Waals surface area contributed by atoms with Gasteiger partial charge >= 0.3 is 7.12 Å². The van der Waals surface area contributed by atoms with Crippen molar-refractivity contribution in [1.82, 2.24) is 15.0 Å². The molecule has 89 heavy (non-hydrogen) atoms. The summed E-state index contributed by atoms with van der Waals surface area (Å²) in [6, 6.07) is 94.6. The molecule has 424 valence electrons. The minimum atomic E-state index is -0.538. The lowest BCUT2D eigenvalue weighted by Crippen LogP contribution is -2.41. The summed E-state index contributed by atoms with van der Waals surface area (Å²) in [4.78, 5) is 15.2. The summed E-state index contributed by atoms with van der Waals surface area (Å²) in [6.45, 7) is 8.42. The van der Waals surface area contributed by atoms with Crippen molar-refractivity contribution in [1.29, 1.82) is 0 Å². The number of fused-ring (bicyclic) bond motifs is 24. The summed E-state index contributed by atoms with van der Waals surface area (Å²) >= 11 is 0. The van der Waals surface area contributed by atoms with Crippen LogP contribution in [0.15, 0.2) is 276 Å². The lowest BCUT2D eigenvalue weighted by atomic mass is 9.68. The average molecular weight is 1150 g/mol. The molecule has 3 aromatic heterocycles. The lowest BCUT2D eigenvalue weighted by Gasteiger charge is -2.32. The first kappa shape index (κ1) is 51.7. The Morgan fingerprint density at radius 1 is 0.303 bits per heavy atom. The van der Waals surface area contributed by atoms with Crippen molar-refractivity contribution >= 4 is 34.5 Å². The molecule has 2 atom stereocenters. The number of rotatable bonds is 5. The first-order valence-corrected chi connectivity index (χ1v) is 30.7. The van der Waals surface area contributed by atoms with Crippen molar-refractivity contribution in [2.45, 2.75) is 49.7 Å². The van der Waals surface area contributed by atoms with E-state index < -0.39 is 29.2 Å². The van der Waals surface area contributed by atoms with Crippen LogP contribution in [-0.2, 0) is 20.1 Å². The predicted octanol–water partition coefficient (Wildman–Crippen LogP) is 18.8. The van der Waals surface area contributed by atoms with Crippen molar-refractivity contribution in [3.05, 3.63) is 311 Å². The molecule has 5 aliphatic rings. The van der Waals surface area contributed by atoms with Gasteiger partial charge in [-0.2, -0.15) is 0 Å². The quantitative estimate of drug-likeness (QED) is 0.159. The zero-order chi connectivity index (χ0) is 59.4. The Morgan fingerprint density at radius 2 is 0.674 bits per heavy atom. The molecule has 0 radical (unpaired) electrons. The molecule has 11 aromatic carbocycles. The van der Waals surface area contributed by atoms with Crippen LogP contribution in [0.5, 0.6) is 0 Å². The highest BCUT2D eigenvalue weighted by Gasteiger charge is 2.57. The number of benzene rings is 11. The van der Waals surface area contributed by atoms with Crippen molar-refractivity contribution in [2.75, 3.05) is 0 Å². The van der Waals surface area contributed by atoms with E-state index in [1.165, 1.54) is 66.8 Å². The van der Waals surface area contributed by atoms with E-state index in [0.717, 1.165) is 77.9 Å². The van der Waals surface area contributed by atoms with Gasteiger partial charge in [-0.15, -0.1) is 0 Å². The van der Waals surface area contributed by atoms with E-state index in [1.807, 2.05) is 66.7 Å². The van der Waals surface area contributed by atoms with Gasteiger partial charge in [0.15, 0.2) is 17.5 Å². The van der Waals surface area contributed by atoms with E-state index in [-0.39, 0.29) is 1.43 Å². The average Bonchev–Trinajstić information content (AvgIpc) is 1.51. The fourth-order valence-electron chi connectivity index (χ4n) is 15.3. The van der Waals surface area contributed by atoms with Gasteiger partial charge in [0, 0.05) is 49.7 Å². The Kier molecular flexibility index (Phi) is 11.0. The maximum atomic E-state index is 6.72. The van der Waals surface area contributed by atoms with E-state index in [4.69, 9.17) is 33.1 Å². The SMILES string of the molecule is CC1(C)OB(c2ccc3c(c2)C2(c4ccccc4-3)c3ccccc3-c3oc4ccccc4c32)OC1(C)C.[2H-].c1ccc(-c2nc(-c3ccccc3)nc(-c3ccccc3-c3ccc4c(c3)C3(c5ccccc5-4)c4ccccc4-c4oc5ccccc5c43)n2)cc1. The van der Waals surface area contributed by atoms with Crippen LogP contribution in [0.3, 0.4) is 0 Å². The van der Waals surface area contributed by atoms with Crippen LogP contribution in [0.2, 0.25) is 0 Å². The fourth-order valence-corrected chi connectivity index (χ4v) is 15.3. The summed E-state index contributed by atoms with van der Waals surface area (Å²) in [7, 11) is -0.423. The lowest BCUT2D eigenvalue weighted by molar-refractivity contribution is 0.00578. The molecule has 19 rings (SSSR count). The molecular formula is C81H57BN3O4-. The summed E-state index contributed by atoms with van der Waals surface area (Å²) in [5, 5.41) is 2.31. The maximum Gasteiger partial charge on any atom is 0.494 e. The van der Waals surface area contributed by atoms with Crippen molar-refractivity contribution in [3.63, 3.8) is 0 Å². The Balaban J connectivity index is 0.000000145.